The number of nitrogens with zero attached hydrogens (tertiary/aromatic N) is 1. The first-order valence-corrected chi connectivity index (χ1v) is 8.67. The van der Waals surface area contributed by atoms with Crippen molar-refractivity contribution < 1.29 is 22.3 Å². The highest BCUT2D eigenvalue weighted by Crippen LogP contribution is 2.32. The summed E-state index contributed by atoms with van der Waals surface area (Å²) in [6.45, 7) is 4.27. The number of esters is 1. The molecule has 1 heterocycles. The number of sulfonamides is 1. The van der Waals surface area contributed by atoms with Crippen molar-refractivity contribution in [1.29, 1.82) is 0 Å². The van der Waals surface area contributed by atoms with Crippen molar-refractivity contribution in [2.45, 2.75) is 31.2 Å². The molecular formula is C15H22ClFN2O4S. The van der Waals surface area contributed by atoms with Gasteiger partial charge in [0.05, 0.1) is 17.6 Å². The van der Waals surface area contributed by atoms with E-state index >= 15 is 0 Å². The number of hydrogen-bond donors (Lipinski definition) is 1. The number of methoxy groups -OCH3 is 1. The van der Waals surface area contributed by atoms with Crippen LogP contribution in [0.3, 0.4) is 0 Å². The molecule has 1 aliphatic heterocycles. The van der Waals surface area contributed by atoms with Gasteiger partial charge in [-0.15, -0.1) is 12.4 Å². The van der Waals surface area contributed by atoms with Gasteiger partial charge >= 0.3 is 5.97 Å². The predicted octanol–water partition coefficient (Wildman–Crippen LogP) is 1.78. The minimum atomic E-state index is -3.95. The molecule has 2 rings (SSSR count). The number of nitrogens with two attached hydrogens (primary N) is 1. The Labute approximate surface area is 147 Å². The lowest BCUT2D eigenvalue weighted by Crippen LogP contribution is -2.54. The summed E-state index contributed by atoms with van der Waals surface area (Å²) < 4.78 is 45.0. The van der Waals surface area contributed by atoms with Gasteiger partial charge in [-0.25, -0.2) is 17.6 Å². The maximum atomic E-state index is 13.4. The van der Waals surface area contributed by atoms with Gasteiger partial charge in [0.1, 0.15) is 5.82 Å². The maximum Gasteiger partial charge on any atom is 0.339 e. The molecule has 1 saturated heterocycles. The highest BCUT2D eigenvalue weighted by molar-refractivity contribution is 7.89. The zero-order valence-corrected chi connectivity index (χ0v) is 15.4. The Hall–Kier alpha value is -1.22. The zero-order chi connectivity index (χ0) is 17.4. The monoisotopic (exact) mass is 380 g/mol. The highest BCUT2D eigenvalue weighted by atomic mass is 35.5. The molecule has 0 amide bonds. The lowest BCUT2D eigenvalue weighted by Gasteiger charge is -2.41. The molecule has 9 heteroatoms. The van der Waals surface area contributed by atoms with Crippen LogP contribution in [0, 0.1) is 11.2 Å². The van der Waals surface area contributed by atoms with E-state index in [-0.39, 0.29) is 42.0 Å². The number of carbonyl (C=O) groups is 1. The van der Waals surface area contributed by atoms with Gasteiger partial charge in [0, 0.05) is 19.1 Å². The van der Waals surface area contributed by atoms with E-state index < -0.39 is 27.2 Å². The number of ether oxygens (including phenoxy) is 1. The minimum absolute atomic E-state index is 0. The van der Waals surface area contributed by atoms with Crippen LogP contribution < -0.4 is 5.73 Å². The molecule has 1 aromatic rings. The van der Waals surface area contributed by atoms with Crippen LogP contribution in [-0.4, -0.2) is 44.9 Å². The first-order valence-electron chi connectivity index (χ1n) is 7.23. The normalized spacial score (nSPS) is 21.0. The number of piperidine rings is 1. The lowest BCUT2D eigenvalue weighted by molar-refractivity contribution is 0.0595. The van der Waals surface area contributed by atoms with E-state index in [2.05, 4.69) is 4.74 Å². The van der Waals surface area contributed by atoms with E-state index in [1.54, 1.807) is 0 Å². The van der Waals surface area contributed by atoms with Crippen molar-refractivity contribution in [1.82, 2.24) is 4.31 Å². The van der Waals surface area contributed by atoms with Crippen molar-refractivity contribution in [2.75, 3.05) is 20.2 Å². The predicted molar refractivity (Wildman–Crippen MR) is 90.1 cm³/mol. The molecular weight excluding hydrogens is 359 g/mol. The molecule has 6 nitrogen and oxygen atoms in total. The number of halogens is 2. The van der Waals surface area contributed by atoms with Crippen LogP contribution in [-0.2, 0) is 14.8 Å². The number of hydrogen-bond acceptors (Lipinski definition) is 5. The summed E-state index contributed by atoms with van der Waals surface area (Å²) in [5.74, 6) is -1.60. The second kappa shape index (κ2) is 7.35. The third-order valence-electron chi connectivity index (χ3n) is 4.24. The zero-order valence-electron chi connectivity index (χ0n) is 13.8. The maximum absolute atomic E-state index is 13.4. The van der Waals surface area contributed by atoms with E-state index in [0.29, 0.717) is 6.42 Å². The summed E-state index contributed by atoms with van der Waals surface area (Å²) in [4.78, 5) is 11.6. The second-order valence-corrected chi connectivity index (χ2v) is 8.26. The van der Waals surface area contributed by atoms with E-state index in [0.717, 1.165) is 25.3 Å². The first-order chi connectivity index (χ1) is 10.6. The summed E-state index contributed by atoms with van der Waals surface area (Å²) in [7, 11) is -2.83. The highest BCUT2D eigenvalue weighted by Gasteiger charge is 2.40. The third-order valence-corrected chi connectivity index (χ3v) is 6.15. The molecule has 0 spiro atoms. The van der Waals surface area contributed by atoms with E-state index in [4.69, 9.17) is 5.73 Å². The Balaban J connectivity index is 0.00000288. The average Bonchev–Trinajstić information content (AvgIpc) is 2.48. The second-order valence-electron chi connectivity index (χ2n) is 6.35. The number of benzene rings is 1. The number of rotatable bonds is 3. The topological polar surface area (TPSA) is 89.7 Å². The Morgan fingerprint density at radius 2 is 2.04 bits per heavy atom. The number of carbonyl (C=O) groups excluding carboxylic acids is 1. The fraction of sp³-hybridized carbons (Fsp3) is 0.533. The van der Waals surface area contributed by atoms with Crippen LogP contribution in [0.1, 0.15) is 30.6 Å². The van der Waals surface area contributed by atoms with Crippen LogP contribution in [0.4, 0.5) is 4.39 Å². The van der Waals surface area contributed by atoms with Crippen molar-refractivity contribution in [2.24, 2.45) is 11.1 Å². The summed E-state index contributed by atoms with van der Waals surface area (Å²) in [6.07, 6.45) is 0.515. The lowest BCUT2D eigenvalue weighted by atomic mass is 9.81. The smallest absolute Gasteiger partial charge is 0.339 e. The fourth-order valence-electron chi connectivity index (χ4n) is 2.67. The first kappa shape index (κ1) is 20.8. The molecule has 0 saturated carbocycles. The summed E-state index contributed by atoms with van der Waals surface area (Å²) in [5, 5.41) is 0. The molecule has 2 N–H and O–H groups in total. The molecule has 0 aliphatic carbocycles. The van der Waals surface area contributed by atoms with Crippen LogP contribution in [0.2, 0.25) is 0 Å². The van der Waals surface area contributed by atoms with Gasteiger partial charge in [0.2, 0.25) is 10.0 Å². The Kier molecular flexibility index (Phi) is 6.37. The van der Waals surface area contributed by atoms with Gasteiger partial charge in [0.25, 0.3) is 0 Å². The van der Waals surface area contributed by atoms with Gasteiger partial charge < -0.3 is 10.5 Å². The van der Waals surface area contributed by atoms with Gasteiger partial charge in [0.15, 0.2) is 0 Å². The van der Waals surface area contributed by atoms with Gasteiger partial charge in [-0.1, -0.05) is 13.8 Å². The third kappa shape index (κ3) is 3.88. The standard InChI is InChI=1S/C15H21FN2O4S.ClH/c1-15(2)9-18(7-6-13(15)17)23(20,21)12-5-4-10(16)8-11(12)14(19)22-3;/h4-5,8,13H,6-7,9,17H2,1-3H3;1H. The molecule has 24 heavy (non-hydrogen) atoms. The van der Waals surface area contributed by atoms with E-state index in [1.165, 1.54) is 4.31 Å². The molecule has 1 atom stereocenters. The molecule has 1 unspecified atom stereocenters. The Morgan fingerprint density at radius 3 is 2.58 bits per heavy atom. The fourth-order valence-corrected chi connectivity index (χ4v) is 4.45. The molecule has 0 radical (unpaired) electrons. The average molecular weight is 381 g/mol. The van der Waals surface area contributed by atoms with Crippen LogP contribution in [0.25, 0.3) is 0 Å². The molecule has 1 fully saturated rings. The molecule has 0 aromatic heterocycles. The Morgan fingerprint density at radius 1 is 1.42 bits per heavy atom. The van der Waals surface area contributed by atoms with E-state index in [1.807, 2.05) is 13.8 Å². The molecule has 0 bridgehead atoms. The largest absolute Gasteiger partial charge is 0.465 e. The molecule has 1 aliphatic rings. The van der Waals surface area contributed by atoms with Crippen LogP contribution >= 0.6 is 12.4 Å². The van der Waals surface area contributed by atoms with Crippen molar-refractivity contribution in [3.05, 3.63) is 29.6 Å². The SMILES string of the molecule is COC(=O)c1cc(F)ccc1S(=O)(=O)N1CCC(N)C(C)(C)C1.Cl. The molecule has 1 aromatic carbocycles. The van der Waals surface area contributed by atoms with Crippen molar-refractivity contribution in [3.63, 3.8) is 0 Å². The van der Waals surface area contributed by atoms with Crippen LogP contribution in [0.15, 0.2) is 23.1 Å². The van der Waals surface area contributed by atoms with Gasteiger partial charge in [-0.05, 0) is 30.0 Å². The van der Waals surface area contributed by atoms with Gasteiger partial charge in [-0.2, -0.15) is 4.31 Å². The van der Waals surface area contributed by atoms with E-state index in [9.17, 15) is 17.6 Å². The Bertz CT molecular complexity index is 724. The molecule has 136 valence electrons. The van der Waals surface area contributed by atoms with Crippen molar-refractivity contribution >= 4 is 28.4 Å². The summed E-state index contributed by atoms with van der Waals surface area (Å²) >= 11 is 0. The summed E-state index contributed by atoms with van der Waals surface area (Å²) in [5.41, 5.74) is 5.33. The van der Waals surface area contributed by atoms with Crippen molar-refractivity contribution in [3.8, 4) is 0 Å². The summed E-state index contributed by atoms with van der Waals surface area (Å²) in [6, 6.07) is 2.88. The van der Waals surface area contributed by atoms with Crippen LogP contribution in [0.5, 0.6) is 0 Å². The minimum Gasteiger partial charge on any atom is -0.465 e. The quantitative estimate of drug-likeness (QED) is 0.807. The van der Waals surface area contributed by atoms with Gasteiger partial charge in [-0.3, -0.25) is 0 Å².